The zero-order valence-corrected chi connectivity index (χ0v) is 22.8. The Bertz CT molecular complexity index is 1090. The summed E-state index contributed by atoms with van der Waals surface area (Å²) < 4.78 is 25.5. The van der Waals surface area contributed by atoms with Gasteiger partial charge < -0.3 is 30.1 Å². The molecule has 1 saturated heterocycles. The number of aliphatic carboxylic acids is 1. The second kappa shape index (κ2) is 14.0. The topological polar surface area (TPSA) is 100 Å². The Balaban J connectivity index is 1.95. The lowest BCUT2D eigenvalue weighted by Crippen LogP contribution is -2.42. The van der Waals surface area contributed by atoms with Crippen molar-refractivity contribution in [3.63, 3.8) is 0 Å². The number of halogens is 1. The molecule has 0 saturated carbocycles. The molecule has 1 aliphatic rings. The number of rotatable bonds is 12. The van der Waals surface area contributed by atoms with Crippen LogP contribution in [0.1, 0.15) is 64.9 Å². The molecule has 0 bridgehead atoms. The van der Waals surface area contributed by atoms with Crippen molar-refractivity contribution in [2.24, 2.45) is 5.92 Å². The van der Waals surface area contributed by atoms with Crippen LogP contribution in [0.2, 0.25) is 0 Å². The molecule has 208 valence electrons. The monoisotopic (exact) mass is 529 g/mol. The second-order valence-electron chi connectivity index (χ2n) is 10.0. The molecule has 3 rings (SSSR count). The molecule has 9 heteroatoms. The first-order valence-electron chi connectivity index (χ1n) is 13.4. The lowest BCUT2D eigenvalue weighted by atomic mass is 9.92. The highest BCUT2D eigenvalue weighted by Gasteiger charge is 2.26. The average molecular weight is 530 g/mol. The molecule has 2 amide bonds. The third kappa shape index (κ3) is 8.08. The van der Waals surface area contributed by atoms with E-state index in [9.17, 15) is 19.1 Å². The number of carbonyl (C=O) groups is 2. The van der Waals surface area contributed by atoms with Crippen molar-refractivity contribution in [2.45, 2.75) is 65.3 Å². The molecule has 2 aromatic carbocycles. The van der Waals surface area contributed by atoms with Crippen LogP contribution in [-0.4, -0.2) is 49.5 Å². The van der Waals surface area contributed by atoms with E-state index in [2.05, 4.69) is 29.4 Å². The summed E-state index contributed by atoms with van der Waals surface area (Å²) in [5, 5.41) is 14.9. The Kier molecular flexibility index (Phi) is 10.8. The van der Waals surface area contributed by atoms with Crippen LogP contribution in [0.4, 0.5) is 26.2 Å². The van der Waals surface area contributed by atoms with Crippen LogP contribution in [-0.2, 0) is 9.53 Å². The summed E-state index contributed by atoms with van der Waals surface area (Å²) in [5.74, 6) is -0.919. The minimum Gasteiger partial charge on any atom is -0.494 e. The summed E-state index contributed by atoms with van der Waals surface area (Å²) in [5.41, 5.74) is 2.27. The van der Waals surface area contributed by atoms with E-state index in [0.29, 0.717) is 43.6 Å². The van der Waals surface area contributed by atoms with Gasteiger partial charge in [0.1, 0.15) is 11.6 Å². The fourth-order valence-corrected chi connectivity index (χ4v) is 4.83. The van der Waals surface area contributed by atoms with E-state index in [1.54, 1.807) is 6.07 Å². The first kappa shape index (κ1) is 29.2. The number of carboxylic acids is 1. The number of carboxylic acid groups (broad SMARTS) is 1. The third-order valence-corrected chi connectivity index (χ3v) is 6.66. The van der Waals surface area contributed by atoms with E-state index in [-0.39, 0.29) is 24.1 Å². The van der Waals surface area contributed by atoms with Gasteiger partial charge in [-0.15, -0.1) is 0 Å². The molecule has 1 heterocycles. The summed E-state index contributed by atoms with van der Waals surface area (Å²) in [6, 6.07) is 9.72. The normalized spacial score (nSPS) is 14.7. The van der Waals surface area contributed by atoms with Gasteiger partial charge in [0.15, 0.2) is 0 Å². The van der Waals surface area contributed by atoms with Gasteiger partial charge in [-0.2, -0.15) is 0 Å². The highest BCUT2D eigenvalue weighted by molar-refractivity contribution is 6.02. The van der Waals surface area contributed by atoms with Gasteiger partial charge in [0, 0.05) is 31.9 Å². The number of benzene rings is 2. The number of amides is 2. The quantitative estimate of drug-likeness (QED) is 0.291. The van der Waals surface area contributed by atoms with Gasteiger partial charge >= 0.3 is 12.0 Å². The zero-order valence-electron chi connectivity index (χ0n) is 22.8. The molecule has 0 aliphatic carbocycles. The zero-order chi connectivity index (χ0) is 27.7. The van der Waals surface area contributed by atoms with Gasteiger partial charge in [0.25, 0.3) is 0 Å². The Morgan fingerprint density at radius 2 is 1.82 bits per heavy atom. The van der Waals surface area contributed by atoms with E-state index < -0.39 is 17.8 Å². The first-order valence-corrected chi connectivity index (χ1v) is 13.4. The van der Waals surface area contributed by atoms with Gasteiger partial charge in [0.05, 0.1) is 30.1 Å². The summed E-state index contributed by atoms with van der Waals surface area (Å²) in [6.07, 6.45) is 2.38. The predicted octanol–water partition coefficient (Wildman–Crippen LogP) is 6.48. The third-order valence-electron chi connectivity index (χ3n) is 6.66. The lowest BCUT2D eigenvalue weighted by Gasteiger charge is -2.38. The van der Waals surface area contributed by atoms with Crippen molar-refractivity contribution >= 4 is 29.1 Å². The molecule has 1 fully saturated rings. The molecule has 1 atom stereocenters. The first-order chi connectivity index (χ1) is 18.2. The molecule has 0 radical (unpaired) electrons. The van der Waals surface area contributed by atoms with Crippen molar-refractivity contribution < 1.29 is 28.6 Å². The summed E-state index contributed by atoms with van der Waals surface area (Å²) in [4.78, 5) is 26.9. The van der Waals surface area contributed by atoms with Gasteiger partial charge in [-0.05, 0) is 67.9 Å². The molecule has 0 aromatic heterocycles. The van der Waals surface area contributed by atoms with Gasteiger partial charge in [0.2, 0.25) is 0 Å². The summed E-state index contributed by atoms with van der Waals surface area (Å²) in [7, 11) is 0. The fourth-order valence-electron chi connectivity index (χ4n) is 4.83. The van der Waals surface area contributed by atoms with Crippen molar-refractivity contribution in [3.05, 3.63) is 47.8 Å². The van der Waals surface area contributed by atoms with E-state index >= 15 is 0 Å². The highest BCUT2D eigenvalue weighted by atomic mass is 19.1. The predicted molar refractivity (Wildman–Crippen MR) is 148 cm³/mol. The highest BCUT2D eigenvalue weighted by Crippen LogP contribution is 2.36. The van der Waals surface area contributed by atoms with E-state index in [1.807, 2.05) is 32.0 Å². The number of carbonyl (C=O) groups excluding carboxylic acids is 1. The number of anilines is 3. The maximum Gasteiger partial charge on any atom is 0.323 e. The smallest absolute Gasteiger partial charge is 0.323 e. The van der Waals surface area contributed by atoms with Crippen LogP contribution < -0.4 is 20.3 Å². The van der Waals surface area contributed by atoms with Gasteiger partial charge in [-0.25, -0.2) is 9.18 Å². The average Bonchev–Trinajstić information content (AvgIpc) is 2.88. The molecular formula is C29H40FN3O5. The number of hydrogen-bond acceptors (Lipinski definition) is 5. The molecule has 38 heavy (non-hydrogen) atoms. The molecule has 0 spiro atoms. The minimum atomic E-state index is -0.872. The maximum absolute atomic E-state index is 14.6. The van der Waals surface area contributed by atoms with Crippen LogP contribution in [0.3, 0.4) is 0 Å². The number of nitrogens with one attached hydrogen (secondary N) is 2. The summed E-state index contributed by atoms with van der Waals surface area (Å²) >= 11 is 0. The molecule has 1 unspecified atom stereocenters. The van der Waals surface area contributed by atoms with Crippen molar-refractivity contribution in [3.8, 4) is 5.75 Å². The Labute approximate surface area is 224 Å². The van der Waals surface area contributed by atoms with Crippen molar-refractivity contribution in [1.29, 1.82) is 0 Å². The van der Waals surface area contributed by atoms with Crippen LogP contribution in [0.25, 0.3) is 0 Å². The molecule has 3 N–H and O–H groups in total. The lowest BCUT2D eigenvalue weighted by molar-refractivity contribution is -0.137. The van der Waals surface area contributed by atoms with Crippen LogP contribution in [0.5, 0.6) is 5.75 Å². The van der Waals surface area contributed by atoms with E-state index in [1.165, 1.54) is 12.1 Å². The van der Waals surface area contributed by atoms with Gasteiger partial charge in [-0.1, -0.05) is 26.8 Å². The SMILES string of the molecule is CCOc1ccc(NC(=O)Nc2cc(C(CC)CC(=O)O)ccc2N(CC(C)C)C2CCOCC2)c(F)c1. The van der Waals surface area contributed by atoms with Crippen LogP contribution >= 0.6 is 0 Å². The summed E-state index contributed by atoms with van der Waals surface area (Å²) in [6.45, 7) is 10.6. The fraction of sp³-hybridized carbons (Fsp3) is 0.517. The van der Waals surface area contributed by atoms with Crippen LogP contribution in [0.15, 0.2) is 36.4 Å². The second-order valence-corrected chi connectivity index (χ2v) is 10.0. The maximum atomic E-state index is 14.6. The standard InChI is InChI=1S/C29H40FN3O5/c1-5-20(16-28(34)35)21-7-10-27(33(18-19(3)4)22-11-13-37-14-12-22)26(15-21)32-29(36)31-25-9-8-23(38-6-2)17-24(25)30/h7-10,15,17,19-20,22H,5-6,11-14,16,18H2,1-4H3,(H,34,35)(H2,31,32,36). The minimum absolute atomic E-state index is 0.00541. The van der Waals surface area contributed by atoms with Crippen molar-refractivity contribution in [2.75, 3.05) is 41.9 Å². The van der Waals surface area contributed by atoms with Crippen LogP contribution in [0, 0.1) is 11.7 Å². The Hall–Kier alpha value is -3.33. The van der Waals surface area contributed by atoms with E-state index in [0.717, 1.165) is 30.6 Å². The largest absolute Gasteiger partial charge is 0.494 e. The molecule has 1 aliphatic heterocycles. The molecule has 2 aromatic rings. The van der Waals surface area contributed by atoms with Crippen molar-refractivity contribution in [1.82, 2.24) is 0 Å². The number of ether oxygens (including phenoxy) is 2. The molecule has 8 nitrogen and oxygen atoms in total. The van der Waals surface area contributed by atoms with E-state index in [4.69, 9.17) is 9.47 Å². The number of nitrogens with zero attached hydrogens (tertiary/aromatic N) is 1. The van der Waals surface area contributed by atoms with Gasteiger partial charge in [-0.3, -0.25) is 4.79 Å². The number of urea groups is 1. The number of hydrogen-bond donors (Lipinski definition) is 3. The Morgan fingerprint density at radius 1 is 1.11 bits per heavy atom. The Morgan fingerprint density at radius 3 is 2.42 bits per heavy atom. The molecular weight excluding hydrogens is 489 g/mol.